The van der Waals surface area contributed by atoms with Crippen LogP contribution in [-0.4, -0.2) is 23.2 Å². The van der Waals surface area contributed by atoms with E-state index < -0.39 is 5.60 Å². The molecule has 0 saturated heterocycles. The molecular weight excluding hydrogens is 368 g/mol. The second-order valence-electron chi connectivity index (χ2n) is 7.17. The highest BCUT2D eigenvalue weighted by molar-refractivity contribution is 9.10. The van der Waals surface area contributed by atoms with Gasteiger partial charge in [0.1, 0.15) is 11.4 Å². The van der Waals surface area contributed by atoms with Gasteiger partial charge in [-0.3, -0.25) is 4.90 Å². The summed E-state index contributed by atoms with van der Waals surface area (Å²) in [6, 6.07) is 0. The van der Waals surface area contributed by atoms with Gasteiger partial charge in [-0.05, 0) is 49.5 Å². The number of ether oxygens (including phenoxy) is 1. The fraction of sp³-hybridized carbons (Fsp3) is 0.625. The van der Waals surface area contributed by atoms with Crippen molar-refractivity contribution in [1.29, 1.82) is 0 Å². The molecule has 2 aliphatic rings. The monoisotopic (exact) mass is 386 g/mol. The van der Waals surface area contributed by atoms with Crippen molar-refractivity contribution in [2.45, 2.75) is 57.5 Å². The van der Waals surface area contributed by atoms with Crippen LogP contribution in [0.2, 0.25) is 5.02 Å². The number of carbonyl (C=O) groups excluding carboxylic acids is 1. The number of nitrogens with zero attached hydrogens (tertiary/aromatic N) is 2. The lowest BCUT2D eigenvalue weighted by Crippen LogP contribution is -2.39. The topological polar surface area (TPSA) is 42.4 Å². The predicted octanol–water partition coefficient (Wildman–Crippen LogP) is 5.06. The maximum Gasteiger partial charge on any atom is 0.416 e. The number of aromatic nitrogens is 1. The van der Waals surface area contributed by atoms with Crippen LogP contribution in [0, 0.1) is 0 Å². The molecule has 1 aliphatic carbocycles. The van der Waals surface area contributed by atoms with Gasteiger partial charge in [0.25, 0.3) is 0 Å². The maximum absolute atomic E-state index is 12.6. The quantitative estimate of drug-likeness (QED) is 0.624. The molecular formula is C16H20BrClN2O2. The smallest absolute Gasteiger partial charge is 0.416 e. The molecule has 120 valence electrons. The van der Waals surface area contributed by atoms with Gasteiger partial charge in [-0.25, -0.2) is 9.78 Å². The van der Waals surface area contributed by atoms with Gasteiger partial charge >= 0.3 is 6.09 Å². The third-order valence-corrected chi connectivity index (χ3v) is 5.60. The van der Waals surface area contributed by atoms with Gasteiger partial charge in [0, 0.05) is 23.7 Å². The highest BCUT2D eigenvalue weighted by Crippen LogP contribution is 2.53. The summed E-state index contributed by atoms with van der Waals surface area (Å²) in [5.74, 6) is 0.657. The Hall–Kier alpha value is -0.810. The molecule has 22 heavy (non-hydrogen) atoms. The summed E-state index contributed by atoms with van der Waals surface area (Å²) in [5, 5.41) is 0.679. The molecule has 0 radical (unpaired) electrons. The number of fused-ring (bicyclic) bond motifs is 2. The zero-order valence-electron chi connectivity index (χ0n) is 13.1. The number of carbonyl (C=O) groups is 1. The number of rotatable bonds is 0. The van der Waals surface area contributed by atoms with Crippen LogP contribution in [0.25, 0.3) is 0 Å². The first-order valence-electron chi connectivity index (χ1n) is 7.58. The van der Waals surface area contributed by atoms with E-state index in [9.17, 15) is 4.79 Å². The largest absolute Gasteiger partial charge is 0.443 e. The van der Waals surface area contributed by atoms with E-state index in [-0.39, 0.29) is 11.5 Å². The van der Waals surface area contributed by atoms with Crippen molar-refractivity contribution in [1.82, 2.24) is 4.98 Å². The standard InChI is InChI=1S/C16H20BrClN2O2/c1-15(2,3)22-14(21)20-9-16(6-4-5-7-16)11-12(18)10(17)8-19-13(11)20/h8H,4-7,9H2,1-3H3. The lowest BCUT2D eigenvalue weighted by molar-refractivity contribution is 0.0577. The number of pyridine rings is 1. The molecule has 3 rings (SSSR count). The zero-order valence-corrected chi connectivity index (χ0v) is 15.4. The Morgan fingerprint density at radius 2 is 2.05 bits per heavy atom. The molecule has 0 bridgehead atoms. The van der Waals surface area contributed by atoms with Crippen LogP contribution in [-0.2, 0) is 10.2 Å². The Kier molecular flexibility index (Phi) is 3.92. The minimum absolute atomic E-state index is 0.0693. The fourth-order valence-corrected chi connectivity index (χ4v) is 4.15. The van der Waals surface area contributed by atoms with E-state index in [0.717, 1.165) is 35.7 Å². The van der Waals surface area contributed by atoms with Crippen LogP contribution in [0.5, 0.6) is 0 Å². The lowest BCUT2D eigenvalue weighted by atomic mass is 9.81. The Morgan fingerprint density at radius 1 is 1.41 bits per heavy atom. The Labute approximate surface area is 144 Å². The van der Waals surface area contributed by atoms with Crippen molar-refractivity contribution in [2.24, 2.45) is 0 Å². The van der Waals surface area contributed by atoms with Gasteiger partial charge in [-0.1, -0.05) is 24.4 Å². The fourth-order valence-electron chi connectivity index (χ4n) is 3.52. The van der Waals surface area contributed by atoms with Gasteiger partial charge < -0.3 is 4.74 Å². The summed E-state index contributed by atoms with van der Waals surface area (Å²) in [6.45, 7) is 6.22. The average Bonchev–Trinajstić information content (AvgIpc) is 2.99. The first kappa shape index (κ1) is 16.1. The van der Waals surface area contributed by atoms with Crippen LogP contribution >= 0.6 is 27.5 Å². The lowest BCUT2D eigenvalue weighted by Gasteiger charge is -2.27. The summed E-state index contributed by atoms with van der Waals surface area (Å²) in [7, 11) is 0. The van der Waals surface area contributed by atoms with E-state index in [1.165, 1.54) is 0 Å². The van der Waals surface area contributed by atoms with E-state index in [4.69, 9.17) is 16.3 Å². The Morgan fingerprint density at radius 3 is 2.64 bits per heavy atom. The number of hydrogen-bond acceptors (Lipinski definition) is 3. The summed E-state index contributed by atoms with van der Waals surface area (Å²) < 4.78 is 6.33. The summed E-state index contributed by atoms with van der Waals surface area (Å²) in [4.78, 5) is 18.7. The number of amides is 1. The van der Waals surface area contributed by atoms with Crippen LogP contribution in [0.4, 0.5) is 10.6 Å². The van der Waals surface area contributed by atoms with Crippen LogP contribution in [0.3, 0.4) is 0 Å². The van der Waals surface area contributed by atoms with E-state index >= 15 is 0 Å². The molecule has 0 unspecified atom stereocenters. The predicted molar refractivity (Wildman–Crippen MR) is 90.7 cm³/mol. The molecule has 1 spiro atoms. The maximum atomic E-state index is 12.6. The van der Waals surface area contributed by atoms with E-state index in [0.29, 0.717) is 17.4 Å². The highest BCUT2D eigenvalue weighted by atomic mass is 79.9. The van der Waals surface area contributed by atoms with Crippen LogP contribution in [0.1, 0.15) is 52.0 Å². The Bertz CT molecular complexity index is 621. The van der Waals surface area contributed by atoms with E-state index in [1.54, 1.807) is 11.1 Å². The third-order valence-electron chi connectivity index (χ3n) is 4.37. The van der Waals surface area contributed by atoms with Gasteiger partial charge in [-0.15, -0.1) is 0 Å². The number of anilines is 1. The molecule has 4 nitrogen and oxygen atoms in total. The van der Waals surface area contributed by atoms with Crippen molar-refractivity contribution in [2.75, 3.05) is 11.4 Å². The van der Waals surface area contributed by atoms with E-state index in [2.05, 4.69) is 20.9 Å². The second kappa shape index (κ2) is 5.38. The van der Waals surface area contributed by atoms with Crippen molar-refractivity contribution in [3.63, 3.8) is 0 Å². The minimum Gasteiger partial charge on any atom is -0.443 e. The van der Waals surface area contributed by atoms with Gasteiger partial charge in [0.05, 0.1) is 9.50 Å². The Balaban J connectivity index is 2.04. The molecule has 1 amide bonds. The molecule has 1 fully saturated rings. The molecule has 1 aliphatic heterocycles. The molecule has 1 aromatic rings. The summed E-state index contributed by atoms with van der Waals surface area (Å²) in [5.41, 5.74) is 0.411. The summed E-state index contributed by atoms with van der Waals surface area (Å²) in [6.07, 6.45) is 5.71. The minimum atomic E-state index is -0.526. The number of hydrogen-bond donors (Lipinski definition) is 0. The SMILES string of the molecule is CC(C)(C)OC(=O)N1CC2(CCCC2)c2c1ncc(Br)c2Cl. The van der Waals surface area contributed by atoms with E-state index in [1.807, 2.05) is 20.8 Å². The third kappa shape index (κ3) is 2.62. The first-order valence-corrected chi connectivity index (χ1v) is 8.76. The molecule has 2 heterocycles. The van der Waals surface area contributed by atoms with Crippen LogP contribution in [0.15, 0.2) is 10.7 Å². The van der Waals surface area contributed by atoms with Crippen molar-refractivity contribution >= 4 is 39.4 Å². The molecule has 1 saturated carbocycles. The average molecular weight is 388 g/mol. The second-order valence-corrected chi connectivity index (χ2v) is 8.40. The van der Waals surface area contributed by atoms with Gasteiger partial charge in [0.15, 0.2) is 0 Å². The van der Waals surface area contributed by atoms with Crippen molar-refractivity contribution < 1.29 is 9.53 Å². The van der Waals surface area contributed by atoms with Crippen molar-refractivity contribution in [3.05, 3.63) is 21.3 Å². The number of halogens is 2. The molecule has 0 atom stereocenters. The normalized spacial score (nSPS) is 19.6. The molecule has 0 N–H and O–H groups in total. The van der Waals surface area contributed by atoms with Crippen molar-refractivity contribution in [3.8, 4) is 0 Å². The molecule has 6 heteroatoms. The molecule has 1 aromatic heterocycles. The van der Waals surface area contributed by atoms with Gasteiger partial charge in [-0.2, -0.15) is 0 Å². The highest BCUT2D eigenvalue weighted by Gasteiger charge is 2.49. The summed E-state index contributed by atoms with van der Waals surface area (Å²) >= 11 is 10.0. The molecule has 0 aromatic carbocycles. The van der Waals surface area contributed by atoms with Crippen LogP contribution < -0.4 is 4.90 Å². The first-order chi connectivity index (χ1) is 10.2. The van der Waals surface area contributed by atoms with Gasteiger partial charge in [0.2, 0.25) is 0 Å². The zero-order chi connectivity index (χ0) is 16.1.